The molecule has 0 N–H and O–H groups in total. The topological polar surface area (TPSA) is 69.2 Å². The van der Waals surface area contributed by atoms with Crippen molar-refractivity contribution in [3.8, 4) is 11.1 Å². The fraction of sp³-hybridized carbons (Fsp3) is 0. The molecule has 2 heterocycles. The summed E-state index contributed by atoms with van der Waals surface area (Å²) in [5.74, 6) is -1.46. The van der Waals surface area contributed by atoms with Crippen LogP contribution in [0, 0.1) is 0 Å². The van der Waals surface area contributed by atoms with Crippen molar-refractivity contribution in [1.82, 2.24) is 9.97 Å². The van der Waals surface area contributed by atoms with E-state index >= 15 is 0 Å². The minimum atomic E-state index is -0.730. The van der Waals surface area contributed by atoms with Crippen LogP contribution in [-0.2, 0) is 4.74 Å². The van der Waals surface area contributed by atoms with Crippen LogP contribution in [0.3, 0.4) is 0 Å². The van der Waals surface area contributed by atoms with Gasteiger partial charge in [0.25, 0.3) is 0 Å². The maximum absolute atomic E-state index is 11.5. The zero-order valence-corrected chi connectivity index (χ0v) is 17.6. The van der Waals surface area contributed by atoms with E-state index in [9.17, 15) is 9.59 Å². The van der Waals surface area contributed by atoms with E-state index in [1.54, 1.807) is 12.1 Å². The molecule has 0 fully saturated rings. The molecule has 2 aromatic heterocycles. The molecule has 6 heteroatoms. The quantitative estimate of drug-likeness (QED) is 0.270. The molecule has 0 radical (unpaired) electrons. The molecule has 0 saturated heterocycles. The summed E-state index contributed by atoms with van der Waals surface area (Å²) in [6, 6.07) is 27.0. The lowest BCUT2D eigenvalue weighted by Gasteiger charge is -2.01. The first-order valence-corrected chi connectivity index (χ1v) is 8.91. The molecule has 1 atom stereocenters. The monoisotopic (exact) mass is 416 g/mol. The number of ether oxygens (including phenoxy) is 1. The predicted molar refractivity (Wildman–Crippen MR) is 121 cm³/mol. The summed E-state index contributed by atoms with van der Waals surface area (Å²) in [6.45, 7) is 0. The molecule has 5 nitrogen and oxygen atoms in total. The first kappa shape index (κ1) is 22.6. The van der Waals surface area contributed by atoms with Gasteiger partial charge in [0.1, 0.15) is 0 Å². The third-order valence-electron chi connectivity index (χ3n) is 3.86. The highest BCUT2D eigenvalue weighted by atomic mass is 31.0. The number of nitrogens with zero attached hydrogens (tertiary/aromatic N) is 2. The van der Waals surface area contributed by atoms with Gasteiger partial charge in [-0.2, -0.15) is 9.90 Å². The lowest BCUT2D eigenvalue weighted by molar-refractivity contribution is 0.0397. The highest BCUT2D eigenvalue weighted by Gasteiger charge is 2.14. The Morgan fingerprint density at radius 3 is 1.30 bits per heavy atom. The first-order valence-electron chi connectivity index (χ1n) is 8.91. The Hall–Kier alpha value is -3.69. The van der Waals surface area contributed by atoms with Gasteiger partial charge in [-0.15, -0.1) is 0 Å². The van der Waals surface area contributed by atoms with E-state index < -0.39 is 11.9 Å². The van der Waals surface area contributed by atoms with Crippen LogP contribution in [0.2, 0.25) is 0 Å². The van der Waals surface area contributed by atoms with Crippen LogP contribution >= 0.6 is 9.90 Å². The minimum Gasteiger partial charge on any atom is -0.386 e. The van der Waals surface area contributed by atoms with Crippen molar-refractivity contribution in [3.63, 3.8) is 0 Å². The van der Waals surface area contributed by atoms with Crippen molar-refractivity contribution in [2.45, 2.75) is 0 Å². The molecule has 1 unspecified atom stereocenters. The Bertz CT molecular complexity index is 958. The van der Waals surface area contributed by atoms with Gasteiger partial charge in [0.2, 0.25) is 0 Å². The van der Waals surface area contributed by atoms with Gasteiger partial charge in [0.15, 0.2) is 0 Å². The summed E-state index contributed by atoms with van der Waals surface area (Å²) < 4.78 is 4.66. The summed E-state index contributed by atoms with van der Waals surface area (Å²) in [5.41, 5.74) is 3.01. The van der Waals surface area contributed by atoms with Gasteiger partial charge in [-0.3, -0.25) is 9.97 Å². The van der Waals surface area contributed by atoms with Crippen molar-refractivity contribution in [2.24, 2.45) is 0 Å². The van der Waals surface area contributed by atoms with E-state index in [-0.39, 0.29) is 21.0 Å². The Labute approximate surface area is 178 Å². The first-order chi connectivity index (χ1) is 14.2. The number of hydrogen-bond donors (Lipinski definition) is 0. The Morgan fingerprint density at radius 1 is 0.567 bits per heavy atom. The van der Waals surface area contributed by atoms with Crippen molar-refractivity contribution >= 4 is 21.8 Å². The summed E-state index contributed by atoms with van der Waals surface area (Å²) >= 11 is 0. The molecular weight excluding hydrogens is 395 g/mol. The van der Waals surface area contributed by atoms with Crippen LogP contribution in [0.4, 0.5) is 0 Å². The second kappa shape index (κ2) is 12.0. The SMILES string of the molecule is O=C(OC(=O)c1cccnc1)c1cccnc1.P.c1ccc(-c2ccccc2)cc1. The molecule has 4 rings (SSSR count). The van der Waals surface area contributed by atoms with Gasteiger partial charge in [0, 0.05) is 24.8 Å². The number of esters is 2. The summed E-state index contributed by atoms with van der Waals surface area (Å²) in [5, 5.41) is 0. The largest absolute Gasteiger partial charge is 0.386 e. The maximum Gasteiger partial charge on any atom is 0.347 e. The van der Waals surface area contributed by atoms with Crippen molar-refractivity contribution in [1.29, 1.82) is 0 Å². The van der Waals surface area contributed by atoms with Gasteiger partial charge in [-0.1, -0.05) is 60.7 Å². The summed E-state index contributed by atoms with van der Waals surface area (Å²) in [7, 11) is 0. The molecule has 0 aliphatic rings. The third kappa shape index (κ3) is 6.73. The third-order valence-corrected chi connectivity index (χ3v) is 3.86. The van der Waals surface area contributed by atoms with E-state index in [0.717, 1.165) is 0 Å². The van der Waals surface area contributed by atoms with Crippen molar-refractivity contribution in [2.75, 3.05) is 0 Å². The Kier molecular flexibility index (Phi) is 9.04. The van der Waals surface area contributed by atoms with E-state index in [1.165, 1.54) is 48.0 Å². The molecule has 30 heavy (non-hydrogen) atoms. The molecule has 0 aliphatic carbocycles. The second-order valence-corrected chi connectivity index (χ2v) is 5.89. The number of aromatic nitrogens is 2. The molecule has 2 aromatic carbocycles. The average molecular weight is 416 g/mol. The number of hydrogen-bond acceptors (Lipinski definition) is 5. The number of carbonyl (C=O) groups excluding carboxylic acids is 2. The number of carbonyl (C=O) groups is 2. The van der Waals surface area contributed by atoms with E-state index in [2.05, 4.69) is 63.2 Å². The van der Waals surface area contributed by atoms with E-state index in [1.807, 2.05) is 12.1 Å². The van der Waals surface area contributed by atoms with Gasteiger partial charge in [-0.25, -0.2) is 9.59 Å². The standard InChI is InChI=1S/C12H8N2O3.C12H10.H3P/c15-11(9-3-1-5-13-7-9)17-12(16)10-4-2-6-14-8-10;1-3-7-11(8-4-1)12-9-5-2-6-10-12;/h1-8H;1-10H;1H3. The van der Waals surface area contributed by atoms with Gasteiger partial charge >= 0.3 is 11.9 Å². The number of benzene rings is 2. The van der Waals surface area contributed by atoms with Crippen molar-refractivity contribution < 1.29 is 14.3 Å². The Balaban J connectivity index is 0.000000218. The smallest absolute Gasteiger partial charge is 0.347 e. The fourth-order valence-electron chi connectivity index (χ4n) is 2.43. The summed E-state index contributed by atoms with van der Waals surface area (Å²) in [6.07, 6.45) is 5.72. The lowest BCUT2D eigenvalue weighted by atomic mass is 10.1. The molecule has 4 aromatic rings. The van der Waals surface area contributed by atoms with Crippen LogP contribution in [0.1, 0.15) is 20.7 Å². The van der Waals surface area contributed by atoms with Crippen LogP contribution in [-0.4, -0.2) is 21.9 Å². The van der Waals surface area contributed by atoms with Crippen LogP contribution < -0.4 is 0 Å². The predicted octanol–water partition coefficient (Wildman–Crippen LogP) is 4.89. The number of pyridine rings is 2. The van der Waals surface area contributed by atoms with E-state index in [0.29, 0.717) is 0 Å². The zero-order valence-electron chi connectivity index (χ0n) is 16.2. The molecule has 0 spiro atoms. The van der Waals surface area contributed by atoms with Gasteiger partial charge in [0.05, 0.1) is 11.1 Å². The molecule has 0 amide bonds. The maximum atomic E-state index is 11.5. The van der Waals surface area contributed by atoms with Crippen LogP contribution in [0.5, 0.6) is 0 Å². The average Bonchev–Trinajstić information content (AvgIpc) is 2.82. The van der Waals surface area contributed by atoms with Crippen LogP contribution in [0.15, 0.2) is 110 Å². The fourth-order valence-corrected chi connectivity index (χ4v) is 2.43. The van der Waals surface area contributed by atoms with Gasteiger partial charge in [-0.05, 0) is 35.4 Å². The molecule has 0 bridgehead atoms. The minimum absolute atomic E-state index is 0. The molecule has 150 valence electrons. The second-order valence-electron chi connectivity index (χ2n) is 5.89. The van der Waals surface area contributed by atoms with Crippen molar-refractivity contribution in [3.05, 3.63) is 121 Å². The van der Waals surface area contributed by atoms with Crippen LogP contribution in [0.25, 0.3) is 11.1 Å². The van der Waals surface area contributed by atoms with E-state index in [4.69, 9.17) is 0 Å². The highest BCUT2D eigenvalue weighted by molar-refractivity contribution is 6.92. The lowest BCUT2D eigenvalue weighted by Crippen LogP contribution is -2.13. The normalized spacial score (nSPS) is 9.33. The number of rotatable bonds is 3. The van der Waals surface area contributed by atoms with Gasteiger partial charge < -0.3 is 4.74 Å². The molecular formula is C24H21N2O3P. The Morgan fingerprint density at radius 2 is 0.967 bits per heavy atom. The molecule has 0 saturated carbocycles. The zero-order chi connectivity index (χ0) is 20.3. The molecule has 0 aliphatic heterocycles. The highest BCUT2D eigenvalue weighted by Crippen LogP contribution is 2.17. The summed E-state index contributed by atoms with van der Waals surface area (Å²) in [4.78, 5) is 30.6.